The summed E-state index contributed by atoms with van der Waals surface area (Å²) in [4.78, 5) is 25.3. The van der Waals surface area contributed by atoms with E-state index in [1.54, 1.807) is 24.3 Å². The molecule has 0 aliphatic rings. The highest BCUT2D eigenvalue weighted by Crippen LogP contribution is 2.23. The number of imide groups is 1. The van der Waals surface area contributed by atoms with Crippen molar-refractivity contribution >= 4 is 34.3 Å². The molecule has 2 amide bonds. The SMILES string of the molecule is COc1ccccc1C(=O)NC(=O)CSc1ccc2ccccc2c1. The number of methoxy groups -OCH3 is 1. The zero-order valence-corrected chi connectivity index (χ0v) is 14.5. The van der Waals surface area contributed by atoms with Crippen molar-refractivity contribution in [3.05, 3.63) is 72.3 Å². The largest absolute Gasteiger partial charge is 0.496 e. The van der Waals surface area contributed by atoms with Crippen LogP contribution in [0.3, 0.4) is 0 Å². The van der Waals surface area contributed by atoms with Gasteiger partial charge in [0.15, 0.2) is 0 Å². The quantitative estimate of drug-likeness (QED) is 0.709. The predicted octanol–water partition coefficient (Wildman–Crippen LogP) is 3.90. The molecule has 3 aromatic carbocycles. The summed E-state index contributed by atoms with van der Waals surface area (Å²) in [6.45, 7) is 0. The van der Waals surface area contributed by atoms with Crippen molar-refractivity contribution < 1.29 is 14.3 Å². The Hall–Kier alpha value is -2.79. The maximum atomic E-state index is 12.2. The molecule has 0 atom stereocenters. The summed E-state index contributed by atoms with van der Waals surface area (Å²) in [5, 5.41) is 4.68. The lowest BCUT2D eigenvalue weighted by Crippen LogP contribution is -2.32. The summed E-state index contributed by atoms with van der Waals surface area (Å²) in [6, 6.07) is 20.9. The standard InChI is InChI=1S/C20H17NO3S/c1-24-18-9-5-4-8-17(18)20(23)21-19(22)13-25-16-11-10-14-6-2-3-7-15(14)12-16/h2-12H,13H2,1H3,(H,21,22,23). The maximum absolute atomic E-state index is 12.2. The third-order valence-corrected chi connectivity index (χ3v) is 4.69. The summed E-state index contributed by atoms with van der Waals surface area (Å²) in [7, 11) is 1.49. The van der Waals surface area contributed by atoms with Crippen molar-refractivity contribution in [1.29, 1.82) is 0 Å². The monoisotopic (exact) mass is 351 g/mol. The van der Waals surface area contributed by atoms with Gasteiger partial charge in [0, 0.05) is 4.90 Å². The number of amides is 2. The third kappa shape index (κ3) is 4.19. The van der Waals surface area contributed by atoms with Gasteiger partial charge in [0.1, 0.15) is 5.75 Å². The van der Waals surface area contributed by atoms with E-state index in [1.807, 2.05) is 42.5 Å². The molecule has 0 bridgehead atoms. The van der Waals surface area contributed by atoms with Crippen molar-refractivity contribution in [3.8, 4) is 5.75 Å². The molecule has 4 nitrogen and oxygen atoms in total. The molecule has 0 aliphatic carbocycles. The van der Waals surface area contributed by atoms with Crippen molar-refractivity contribution in [2.24, 2.45) is 0 Å². The lowest BCUT2D eigenvalue weighted by atomic mass is 10.1. The second-order valence-corrected chi connectivity index (χ2v) is 6.42. The number of carbonyl (C=O) groups is 2. The number of benzene rings is 3. The Balaban J connectivity index is 1.61. The normalized spacial score (nSPS) is 10.4. The van der Waals surface area contributed by atoms with E-state index in [1.165, 1.54) is 18.9 Å². The minimum absolute atomic E-state index is 0.166. The topological polar surface area (TPSA) is 55.4 Å². The third-order valence-electron chi connectivity index (χ3n) is 3.70. The molecule has 0 saturated carbocycles. The van der Waals surface area contributed by atoms with Gasteiger partial charge < -0.3 is 4.74 Å². The van der Waals surface area contributed by atoms with E-state index in [9.17, 15) is 9.59 Å². The molecular formula is C20H17NO3S. The number of para-hydroxylation sites is 1. The van der Waals surface area contributed by atoms with Crippen LogP contribution in [0.1, 0.15) is 10.4 Å². The summed E-state index contributed by atoms with van der Waals surface area (Å²) >= 11 is 1.39. The average Bonchev–Trinajstić information content (AvgIpc) is 2.66. The number of nitrogens with one attached hydrogen (secondary N) is 1. The van der Waals surface area contributed by atoms with Gasteiger partial charge in [-0.15, -0.1) is 11.8 Å². The van der Waals surface area contributed by atoms with Crippen LogP contribution in [0.2, 0.25) is 0 Å². The highest BCUT2D eigenvalue weighted by Gasteiger charge is 2.14. The van der Waals surface area contributed by atoms with Gasteiger partial charge in [0.05, 0.1) is 18.4 Å². The van der Waals surface area contributed by atoms with Gasteiger partial charge in [-0.25, -0.2) is 0 Å². The Morgan fingerprint density at radius 2 is 1.68 bits per heavy atom. The summed E-state index contributed by atoms with van der Waals surface area (Å²) < 4.78 is 5.14. The maximum Gasteiger partial charge on any atom is 0.261 e. The molecule has 0 fully saturated rings. The van der Waals surface area contributed by atoms with Crippen LogP contribution in [-0.2, 0) is 4.79 Å². The highest BCUT2D eigenvalue weighted by molar-refractivity contribution is 8.00. The molecule has 3 rings (SSSR count). The fraction of sp³-hybridized carbons (Fsp3) is 0.100. The van der Waals surface area contributed by atoms with Crippen molar-refractivity contribution in [2.45, 2.75) is 4.90 Å². The predicted molar refractivity (Wildman–Crippen MR) is 100 cm³/mol. The molecule has 126 valence electrons. The molecule has 0 saturated heterocycles. The Kier molecular flexibility index (Phi) is 5.36. The van der Waals surface area contributed by atoms with E-state index in [2.05, 4.69) is 5.32 Å². The summed E-state index contributed by atoms with van der Waals surface area (Å²) in [6.07, 6.45) is 0. The van der Waals surface area contributed by atoms with E-state index >= 15 is 0 Å². The zero-order chi connectivity index (χ0) is 17.6. The van der Waals surface area contributed by atoms with E-state index < -0.39 is 5.91 Å². The van der Waals surface area contributed by atoms with Crippen LogP contribution < -0.4 is 10.1 Å². The summed E-state index contributed by atoms with van der Waals surface area (Å²) in [5.74, 6) is -0.190. The molecule has 1 N–H and O–H groups in total. The van der Waals surface area contributed by atoms with Crippen LogP contribution in [0.15, 0.2) is 71.6 Å². The van der Waals surface area contributed by atoms with Gasteiger partial charge >= 0.3 is 0 Å². The first-order chi connectivity index (χ1) is 12.2. The Morgan fingerprint density at radius 1 is 0.960 bits per heavy atom. The number of hydrogen-bond donors (Lipinski definition) is 1. The van der Waals surface area contributed by atoms with Crippen molar-refractivity contribution in [1.82, 2.24) is 5.32 Å². The van der Waals surface area contributed by atoms with E-state index in [0.29, 0.717) is 11.3 Å². The van der Waals surface area contributed by atoms with Gasteiger partial charge in [-0.05, 0) is 35.0 Å². The number of hydrogen-bond acceptors (Lipinski definition) is 4. The van der Waals surface area contributed by atoms with Crippen LogP contribution in [0, 0.1) is 0 Å². The van der Waals surface area contributed by atoms with Gasteiger partial charge in [0.25, 0.3) is 5.91 Å². The Labute approximate surface area is 150 Å². The molecule has 0 aromatic heterocycles. The number of fused-ring (bicyclic) bond motifs is 1. The van der Waals surface area contributed by atoms with Crippen LogP contribution in [0.25, 0.3) is 10.8 Å². The van der Waals surface area contributed by atoms with Crippen LogP contribution in [0.5, 0.6) is 5.75 Å². The van der Waals surface area contributed by atoms with E-state index in [0.717, 1.165) is 15.7 Å². The summed E-state index contributed by atoms with van der Waals surface area (Å²) in [5.41, 5.74) is 0.342. The first-order valence-electron chi connectivity index (χ1n) is 7.76. The van der Waals surface area contributed by atoms with Crippen LogP contribution in [0.4, 0.5) is 0 Å². The molecule has 25 heavy (non-hydrogen) atoms. The van der Waals surface area contributed by atoms with Gasteiger partial charge in [-0.2, -0.15) is 0 Å². The van der Waals surface area contributed by atoms with Crippen molar-refractivity contribution in [2.75, 3.05) is 12.9 Å². The molecule has 0 heterocycles. The van der Waals surface area contributed by atoms with Gasteiger partial charge in [-0.3, -0.25) is 14.9 Å². The minimum atomic E-state index is -0.457. The van der Waals surface area contributed by atoms with Crippen LogP contribution >= 0.6 is 11.8 Å². The molecule has 0 radical (unpaired) electrons. The first-order valence-corrected chi connectivity index (χ1v) is 8.75. The smallest absolute Gasteiger partial charge is 0.261 e. The second kappa shape index (κ2) is 7.85. The van der Waals surface area contributed by atoms with Gasteiger partial charge in [-0.1, -0.05) is 42.5 Å². The lowest BCUT2D eigenvalue weighted by Gasteiger charge is -2.08. The fourth-order valence-electron chi connectivity index (χ4n) is 2.47. The van der Waals surface area contributed by atoms with Crippen molar-refractivity contribution in [3.63, 3.8) is 0 Å². The molecule has 0 spiro atoms. The Morgan fingerprint density at radius 3 is 2.48 bits per heavy atom. The lowest BCUT2D eigenvalue weighted by molar-refractivity contribution is -0.117. The number of rotatable bonds is 5. The average molecular weight is 351 g/mol. The zero-order valence-electron chi connectivity index (χ0n) is 13.7. The van der Waals surface area contributed by atoms with Gasteiger partial charge in [0.2, 0.25) is 5.91 Å². The van der Waals surface area contributed by atoms with E-state index in [4.69, 9.17) is 4.74 Å². The molecule has 0 aliphatic heterocycles. The Bertz CT molecular complexity index is 923. The second-order valence-electron chi connectivity index (χ2n) is 5.38. The fourth-order valence-corrected chi connectivity index (χ4v) is 3.21. The number of ether oxygens (including phenoxy) is 1. The number of carbonyl (C=O) groups excluding carboxylic acids is 2. The minimum Gasteiger partial charge on any atom is -0.496 e. The highest BCUT2D eigenvalue weighted by atomic mass is 32.2. The molecular weight excluding hydrogens is 334 g/mol. The van der Waals surface area contributed by atoms with Crippen LogP contribution in [-0.4, -0.2) is 24.7 Å². The molecule has 5 heteroatoms. The first kappa shape index (κ1) is 17.0. The van der Waals surface area contributed by atoms with E-state index in [-0.39, 0.29) is 11.7 Å². The number of thioether (sulfide) groups is 1. The molecule has 3 aromatic rings. The molecule has 0 unspecified atom stereocenters.